The van der Waals surface area contributed by atoms with Crippen molar-refractivity contribution in [1.29, 1.82) is 0 Å². The number of tetrazole rings is 1. The van der Waals surface area contributed by atoms with Crippen molar-refractivity contribution in [2.24, 2.45) is 0 Å². The Bertz CT molecular complexity index is 1090. The Labute approximate surface area is 193 Å². The summed E-state index contributed by atoms with van der Waals surface area (Å²) >= 11 is 0. The van der Waals surface area contributed by atoms with Gasteiger partial charge >= 0.3 is 6.01 Å². The Hall–Kier alpha value is -3.42. The van der Waals surface area contributed by atoms with Gasteiger partial charge in [-0.3, -0.25) is 0 Å². The average Bonchev–Trinajstić information content (AvgIpc) is 3.28. The summed E-state index contributed by atoms with van der Waals surface area (Å²) in [6.45, 7) is 4.13. The first-order valence-corrected chi connectivity index (χ1v) is 10.4. The number of para-hydroxylation sites is 1. The molecule has 32 heavy (non-hydrogen) atoms. The zero-order valence-corrected chi connectivity index (χ0v) is 18.7. The number of hydrogen-bond donors (Lipinski definition) is 1. The number of nitrogens with one attached hydrogen (secondary N) is 1. The van der Waals surface area contributed by atoms with Crippen molar-refractivity contribution >= 4 is 12.4 Å². The SMILES string of the molecule is CCOc1cc(CNCCc2ccccc2)ccc1Oc1nnnn1-c1ccccc1.Cl. The molecular formula is C24H26ClN5O2. The number of ether oxygens (including phenoxy) is 2. The van der Waals surface area contributed by atoms with E-state index in [4.69, 9.17) is 9.47 Å². The summed E-state index contributed by atoms with van der Waals surface area (Å²) in [7, 11) is 0. The van der Waals surface area contributed by atoms with E-state index in [0.717, 1.165) is 30.8 Å². The molecule has 0 bridgehead atoms. The van der Waals surface area contributed by atoms with E-state index < -0.39 is 0 Å². The second kappa shape index (κ2) is 11.8. The van der Waals surface area contributed by atoms with E-state index in [1.54, 1.807) is 4.68 Å². The zero-order chi connectivity index (χ0) is 21.3. The number of hydrogen-bond acceptors (Lipinski definition) is 6. The van der Waals surface area contributed by atoms with Gasteiger partial charge in [0.15, 0.2) is 11.5 Å². The first kappa shape index (κ1) is 23.2. The summed E-state index contributed by atoms with van der Waals surface area (Å²) < 4.78 is 13.4. The fraction of sp³-hybridized carbons (Fsp3) is 0.208. The third kappa shape index (κ3) is 6.06. The minimum Gasteiger partial charge on any atom is -0.490 e. The van der Waals surface area contributed by atoms with Crippen LogP contribution in [0.25, 0.3) is 5.69 Å². The van der Waals surface area contributed by atoms with E-state index in [1.165, 1.54) is 5.56 Å². The van der Waals surface area contributed by atoms with Gasteiger partial charge in [0.2, 0.25) is 0 Å². The molecule has 0 aliphatic rings. The first-order chi connectivity index (χ1) is 15.3. The lowest BCUT2D eigenvalue weighted by molar-refractivity contribution is 0.315. The number of aromatic nitrogens is 4. The Kier molecular flexibility index (Phi) is 8.60. The normalized spacial score (nSPS) is 10.4. The van der Waals surface area contributed by atoms with Gasteiger partial charge in [-0.2, -0.15) is 4.68 Å². The number of halogens is 1. The van der Waals surface area contributed by atoms with Gasteiger partial charge in [0.1, 0.15) is 0 Å². The third-order valence-electron chi connectivity index (χ3n) is 4.71. The van der Waals surface area contributed by atoms with Crippen LogP contribution in [0.4, 0.5) is 0 Å². The smallest absolute Gasteiger partial charge is 0.346 e. The van der Waals surface area contributed by atoms with Gasteiger partial charge in [-0.05, 0) is 65.7 Å². The van der Waals surface area contributed by atoms with Crippen molar-refractivity contribution in [3.63, 3.8) is 0 Å². The zero-order valence-electron chi connectivity index (χ0n) is 17.8. The standard InChI is InChI=1S/C24H25N5O2.ClH/c1-2-30-23-17-20(18-25-16-15-19-9-5-3-6-10-19)13-14-22(23)31-24-26-27-28-29(24)21-11-7-4-8-12-21;/h3-14,17,25H,2,15-16,18H2,1H3;1H. The molecule has 0 amide bonds. The van der Waals surface area contributed by atoms with Crippen LogP contribution in [0.3, 0.4) is 0 Å². The van der Waals surface area contributed by atoms with Gasteiger partial charge in [-0.1, -0.05) is 59.7 Å². The van der Waals surface area contributed by atoms with Crippen molar-refractivity contribution in [1.82, 2.24) is 25.5 Å². The van der Waals surface area contributed by atoms with E-state index in [9.17, 15) is 0 Å². The van der Waals surface area contributed by atoms with Crippen LogP contribution in [0.1, 0.15) is 18.1 Å². The van der Waals surface area contributed by atoms with Crippen molar-refractivity contribution in [2.45, 2.75) is 19.9 Å². The number of benzene rings is 3. The summed E-state index contributed by atoms with van der Waals surface area (Å²) in [4.78, 5) is 0. The van der Waals surface area contributed by atoms with Crippen molar-refractivity contribution in [3.05, 3.63) is 90.0 Å². The molecule has 1 aromatic heterocycles. The van der Waals surface area contributed by atoms with Crippen LogP contribution in [-0.4, -0.2) is 33.4 Å². The molecule has 0 saturated carbocycles. The second-order valence-corrected chi connectivity index (χ2v) is 6.94. The minimum atomic E-state index is 0. The fourth-order valence-corrected chi connectivity index (χ4v) is 3.20. The second-order valence-electron chi connectivity index (χ2n) is 6.94. The molecule has 0 atom stereocenters. The molecule has 3 aromatic carbocycles. The van der Waals surface area contributed by atoms with Crippen LogP contribution in [0.15, 0.2) is 78.9 Å². The van der Waals surface area contributed by atoms with Crippen LogP contribution in [0.5, 0.6) is 17.5 Å². The monoisotopic (exact) mass is 451 g/mol. The van der Waals surface area contributed by atoms with Crippen molar-refractivity contribution in [2.75, 3.05) is 13.2 Å². The summed E-state index contributed by atoms with van der Waals surface area (Å²) in [5, 5.41) is 15.3. The molecule has 0 unspecified atom stereocenters. The largest absolute Gasteiger partial charge is 0.490 e. The first-order valence-electron chi connectivity index (χ1n) is 10.4. The third-order valence-corrected chi connectivity index (χ3v) is 4.71. The van der Waals surface area contributed by atoms with Crippen LogP contribution in [0, 0.1) is 0 Å². The topological polar surface area (TPSA) is 74.1 Å². The summed E-state index contributed by atoms with van der Waals surface area (Å²) in [5.74, 6) is 1.23. The molecular weight excluding hydrogens is 426 g/mol. The highest BCUT2D eigenvalue weighted by Gasteiger charge is 2.14. The highest BCUT2D eigenvalue weighted by Crippen LogP contribution is 2.32. The van der Waals surface area contributed by atoms with Crippen LogP contribution in [-0.2, 0) is 13.0 Å². The number of rotatable bonds is 10. The van der Waals surface area contributed by atoms with Crippen LogP contribution in [0.2, 0.25) is 0 Å². The molecule has 0 radical (unpaired) electrons. The predicted molar refractivity (Wildman–Crippen MR) is 126 cm³/mol. The maximum atomic E-state index is 6.01. The van der Waals surface area contributed by atoms with Crippen LogP contribution < -0.4 is 14.8 Å². The van der Waals surface area contributed by atoms with Gasteiger partial charge in [0.25, 0.3) is 0 Å². The van der Waals surface area contributed by atoms with Gasteiger partial charge in [0, 0.05) is 6.54 Å². The lowest BCUT2D eigenvalue weighted by atomic mass is 10.1. The maximum absolute atomic E-state index is 6.01. The molecule has 1 N–H and O–H groups in total. The molecule has 0 spiro atoms. The maximum Gasteiger partial charge on any atom is 0.346 e. The van der Waals surface area contributed by atoms with Gasteiger partial charge < -0.3 is 14.8 Å². The van der Waals surface area contributed by atoms with Crippen molar-refractivity contribution < 1.29 is 9.47 Å². The Balaban J connectivity index is 0.00000289. The molecule has 8 heteroatoms. The Morgan fingerprint density at radius 2 is 1.62 bits per heavy atom. The minimum absolute atomic E-state index is 0. The quantitative estimate of drug-likeness (QED) is 0.355. The Morgan fingerprint density at radius 3 is 2.38 bits per heavy atom. The molecule has 0 fully saturated rings. The summed E-state index contributed by atoms with van der Waals surface area (Å²) in [6.07, 6.45) is 0.989. The lowest BCUT2D eigenvalue weighted by Crippen LogP contribution is -2.16. The Morgan fingerprint density at radius 1 is 0.875 bits per heavy atom. The lowest BCUT2D eigenvalue weighted by Gasteiger charge is -2.13. The predicted octanol–water partition coefficient (Wildman–Crippen LogP) is 4.61. The van der Waals surface area contributed by atoms with Gasteiger partial charge in [-0.25, -0.2) is 0 Å². The highest BCUT2D eigenvalue weighted by atomic mass is 35.5. The average molecular weight is 452 g/mol. The van der Waals surface area contributed by atoms with E-state index in [0.29, 0.717) is 18.1 Å². The molecule has 7 nitrogen and oxygen atoms in total. The summed E-state index contributed by atoms with van der Waals surface area (Å²) in [5.41, 5.74) is 3.26. The highest BCUT2D eigenvalue weighted by molar-refractivity contribution is 5.85. The van der Waals surface area contributed by atoms with Gasteiger partial charge in [-0.15, -0.1) is 12.4 Å². The molecule has 166 valence electrons. The molecule has 0 aliphatic carbocycles. The van der Waals surface area contributed by atoms with E-state index in [-0.39, 0.29) is 18.4 Å². The molecule has 4 rings (SSSR count). The van der Waals surface area contributed by atoms with E-state index in [2.05, 4.69) is 45.1 Å². The number of nitrogens with zero attached hydrogens (tertiary/aromatic N) is 4. The van der Waals surface area contributed by atoms with E-state index >= 15 is 0 Å². The van der Waals surface area contributed by atoms with Crippen molar-refractivity contribution in [3.8, 4) is 23.2 Å². The van der Waals surface area contributed by atoms with E-state index in [1.807, 2.05) is 61.5 Å². The fourth-order valence-electron chi connectivity index (χ4n) is 3.20. The molecule has 0 aliphatic heterocycles. The van der Waals surface area contributed by atoms with Crippen LogP contribution >= 0.6 is 12.4 Å². The molecule has 1 heterocycles. The van der Waals surface area contributed by atoms with Gasteiger partial charge in [0.05, 0.1) is 12.3 Å². The molecule has 0 saturated heterocycles. The molecule has 4 aromatic rings. The summed E-state index contributed by atoms with van der Waals surface area (Å²) in [6, 6.07) is 26.2.